The van der Waals surface area contributed by atoms with Gasteiger partial charge in [0.05, 0.1) is 13.0 Å². The number of fused-ring (bicyclic) bond motifs is 1. The summed E-state index contributed by atoms with van der Waals surface area (Å²) in [5.74, 6) is 1.88. The summed E-state index contributed by atoms with van der Waals surface area (Å²) in [6.45, 7) is 7.20. The summed E-state index contributed by atoms with van der Waals surface area (Å²) in [5, 5.41) is 8.56. The number of aromatic nitrogens is 3. The zero-order valence-electron chi connectivity index (χ0n) is 11.6. The van der Waals surface area contributed by atoms with Crippen LogP contribution in [-0.4, -0.2) is 27.8 Å². The summed E-state index contributed by atoms with van der Waals surface area (Å²) in [5.41, 5.74) is -0.0175. The average Bonchev–Trinajstić information content (AvgIpc) is 2.61. The van der Waals surface area contributed by atoms with Crippen LogP contribution in [0.25, 0.3) is 0 Å². The van der Waals surface area contributed by atoms with Gasteiger partial charge < -0.3 is 9.30 Å². The number of nitrogens with zero attached hydrogens (tertiary/aromatic N) is 3. The first-order chi connectivity index (χ1) is 8.43. The predicted molar refractivity (Wildman–Crippen MR) is 67.2 cm³/mol. The van der Waals surface area contributed by atoms with Crippen LogP contribution in [0.4, 0.5) is 0 Å². The highest BCUT2D eigenvalue weighted by molar-refractivity contribution is 5.72. The van der Waals surface area contributed by atoms with Gasteiger partial charge in [-0.3, -0.25) is 4.79 Å². The molecule has 2 heterocycles. The fourth-order valence-electron chi connectivity index (χ4n) is 2.45. The van der Waals surface area contributed by atoms with Crippen molar-refractivity contribution >= 4 is 5.97 Å². The van der Waals surface area contributed by atoms with Crippen LogP contribution in [0.15, 0.2) is 0 Å². The maximum atomic E-state index is 11.6. The second kappa shape index (κ2) is 4.71. The van der Waals surface area contributed by atoms with Gasteiger partial charge in [-0.25, -0.2) is 0 Å². The number of carbonyl (C=O) groups is 1. The van der Waals surface area contributed by atoms with Gasteiger partial charge in [0, 0.05) is 18.4 Å². The van der Waals surface area contributed by atoms with Crippen molar-refractivity contribution in [2.75, 3.05) is 7.11 Å². The first-order valence-electron chi connectivity index (χ1n) is 6.44. The molecule has 0 aliphatic carbocycles. The SMILES string of the molecule is COC(=O)C1CCc2nnc(C(C)(C)C)n2CC1. The zero-order chi connectivity index (χ0) is 13.3. The van der Waals surface area contributed by atoms with E-state index < -0.39 is 0 Å². The Bertz CT molecular complexity index is 446. The molecule has 5 nitrogen and oxygen atoms in total. The van der Waals surface area contributed by atoms with Crippen molar-refractivity contribution in [1.82, 2.24) is 14.8 Å². The van der Waals surface area contributed by atoms with Crippen molar-refractivity contribution in [3.8, 4) is 0 Å². The number of carbonyl (C=O) groups excluding carboxylic acids is 1. The largest absolute Gasteiger partial charge is 0.469 e. The van der Waals surface area contributed by atoms with Crippen LogP contribution in [0.2, 0.25) is 0 Å². The third-order valence-electron chi connectivity index (χ3n) is 3.45. The lowest BCUT2D eigenvalue weighted by Gasteiger charge is -2.19. The zero-order valence-corrected chi connectivity index (χ0v) is 11.6. The van der Waals surface area contributed by atoms with Gasteiger partial charge >= 0.3 is 5.97 Å². The molecule has 0 fully saturated rings. The molecular formula is C13H21N3O2. The Balaban J connectivity index is 2.21. The monoisotopic (exact) mass is 251 g/mol. The van der Waals surface area contributed by atoms with Crippen molar-refractivity contribution in [3.05, 3.63) is 11.6 Å². The van der Waals surface area contributed by atoms with E-state index in [1.807, 2.05) is 0 Å². The highest BCUT2D eigenvalue weighted by Gasteiger charge is 2.28. The first-order valence-corrected chi connectivity index (χ1v) is 6.44. The number of ether oxygens (including phenoxy) is 1. The van der Waals surface area contributed by atoms with E-state index >= 15 is 0 Å². The van der Waals surface area contributed by atoms with Crippen LogP contribution in [0.1, 0.15) is 45.3 Å². The van der Waals surface area contributed by atoms with E-state index in [1.54, 1.807) is 0 Å². The van der Waals surface area contributed by atoms with Crippen LogP contribution in [0.5, 0.6) is 0 Å². The van der Waals surface area contributed by atoms with Gasteiger partial charge in [0.1, 0.15) is 11.6 Å². The molecule has 18 heavy (non-hydrogen) atoms. The molecule has 0 radical (unpaired) electrons. The first kappa shape index (κ1) is 13.1. The van der Waals surface area contributed by atoms with Gasteiger partial charge in [-0.05, 0) is 12.8 Å². The molecule has 1 atom stereocenters. The fourth-order valence-corrected chi connectivity index (χ4v) is 2.45. The summed E-state index contributed by atoms with van der Waals surface area (Å²) in [6, 6.07) is 0. The molecule has 1 unspecified atom stereocenters. The molecular weight excluding hydrogens is 230 g/mol. The molecule has 1 aliphatic heterocycles. The summed E-state index contributed by atoms with van der Waals surface area (Å²) in [4.78, 5) is 11.6. The Labute approximate surface area is 108 Å². The Hall–Kier alpha value is -1.39. The van der Waals surface area contributed by atoms with Gasteiger partial charge in [0.2, 0.25) is 0 Å². The van der Waals surface area contributed by atoms with Gasteiger partial charge in [0.25, 0.3) is 0 Å². The molecule has 1 aromatic heterocycles. The molecule has 5 heteroatoms. The lowest BCUT2D eigenvalue weighted by atomic mass is 9.95. The summed E-state index contributed by atoms with van der Waals surface area (Å²) >= 11 is 0. The van der Waals surface area contributed by atoms with Crippen LogP contribution < -0.4 is 0 Å². The predicted octanol–water partition coefficient (Wildman–Crippen LogP) is 1.70. The van der Waals surface area contributed by atoms with E-state index in [-0.39, 0.29) is 17.3 Å². The second-order valence-electron chi connectivity index (χ2n) is 5.89. The Kier molecular flexibility index (Phi) is 3.41. The van der Waals surface area contributed by atoms with Crippen LogP contribution >= 0.6 is 0 Å². The van der Waals surface area contributed by atoms with Crippen molar-refractivity contribution in [2.24, 2.45) is 5.92 Å². The quantitative estimate of drug-likeness (QED) is 0.713. The van der Waals surface area contributed by atoms with Crippen LogP contribution in [-0.2, 0) is 27.9 Å². The number of hydrogen-bond donors (Lipinski definition) is 0. The third-order valence-corrected chi connectivity index (χ3v) is 3.45. The average molecular weight is 251 g/mol. The lowest BCUT2D eigenvalue weighted by molar-refractivity contribution is -0.145. The van der Waals surface area contributed by atoms with E-state index in [1.165, 1.54) is 7.11 Å². The second-order valence-corrected chi connectivity index (χ2v) is 5.89. The number of esters is 1. The molecule has 0 saturated carbocycles. The molecule has 0 N–H and O–H groups in total. The van der Waals surface area contributed by atoms with Crippen molar-refractivity contribution < 1.29 is 9.53 Å². The number of aryl methyl sites for hydroxylation is 1. The molecule has 0 bridgehead atoms. The molecule has 0 spiro atoms. The van der Waals surface area contributed by atoms with E-state index in [4.69, 9.17) is 4.74 Å². The molecule has 0 amide bonds. The van der Waals surface area contributed by atoms with E-state index in [0.29, 0.717) is 0 Å². The highest BCUT2D eigenvalue weighted by Crippen LogP contribution is 2.26. The van der Waals surface area contributed by atoms with Crippen molar-refractivity contribution in [2.45, 2.75) is 52.0 Å². The summed E-state index contributed by atoms with van der Waals surface area (Å²) < 4.78 is 7.00. The smallest absolute Gasteiger partial charge is 0.308 e. The number of rotatable bonds is 1. The minimum absolute atomic E-state index is 0.00971. The molecule has 1 aromatic rings. The normalized spacial score (nSPS) is 20.1. The fraction of sp³-hybridized carbons (Fsp3) is 0.769. The van der Waals surface area contributed by atoms with Gasteiger partial charge in [-0.1, -0.05) is 20.8 Å². The van der Waals surface area contributed by atoms with E-state index in [9.17, 15) is 4.79 Å². The summed E-state index contributed by atoms with van der Waals surface area (Å²) in [6.07, 6.45) is 2.40. The Morgan fingerprint density at radius 2 is 2.06 bits per heavy atom. The standard InChI is InChI=1S/C13H21N3O2/c1-13(2,3)12-15-14-10-6-5-9(11(17)18-4)7-8-16(10)12/h9H,5-8H2,1-4H3. The number of methoxy groups -OCH3 is 1. The van der Waals surface area contributed by atoms with Crippen molar-refractivity contribution in [1.29, 1.82) is 0 Å². The van der Waals surface area contributed by atoms with Crippen molar-refractivity contribution in [3.63, 3.8) is 0 Å². The Morgan fingerprint density at radius 1 is 1.33 bits per heavy atom. The van der Waals surface area contributed by atoms with Gasteiger partial charge in [-0.15, -0.1) is 10.2 Å². The number of hydrogen-bond acceptors (Lipinski definition) is 4. The molecule has 2 rings (SSSR count). The topological polar surface area (TPSA) is 57.0 Å². The summed E-state index contributed by atoms with van der Waals surface area (Å²) in [7, 11) is 1.45. The maximum absolute atomic E-state index is 11.6. The van der Waals surface area contributed by atoms with Crippen LogP contribution in [0, 0.1) is 5.92 Å². The molecule has 100 valence electrons. The van der Waals surface area contributed by atoms with Gasteiger partial charge in [0.15, 0.2) is 0 Å². The third kappa shape index (κ3) is 2.40. The minimum atomic E-state index is -0.106. The van der Waals surface area contributed by atoms with E-state index in [0.717, 1.165) is 37.5 Å². The maximum Gasteiger partial charge on any atom is 0.308 e. The molecule has 0 saturated heterocycles. The minimum Gasteiger partial charge on any atom is -0.469 e. The lowest BCUT2D eigenvalue weighted by Crippen LogP contribution is -2.21. The van der Waals surface area contributed by atoms with Crippen LogP contribution in [0.3, 0.4) is 0 Å². The van der Waals surface area contributed by atoms with Gasteiger partial charge in [-0.2, -0.15) is 0 Å². The molecule has 0 aromatic carbocycles. The highest BCUT2D eigenvalue weighted by atomic mass is 16.5. The molecule has 1 aliphatic rings. The Morgan fingerprint density at radius 3 is 2.67 bits per heavy atom. The van der Waals surface area contributed by atoms with E-state index in [2.05, 4.69) is 35.5 Å².